The van der Waals surface area contributed by atoms with E-state index in [4.69, 9.17) is 0 Å². The van der Waals surface area contributed by atoms with Crippen LogP contribution in [-0.2, 0) is 16.1 Å². The molecule has 8 nitrogen and oxygen atoms in total. The number of anilines is 1. The Kier molecular flexibility index (Phi) is 3.81. The summed E-state index contributed by atoms with van der Waals surface area (Å²) in [4.78, 5) is 30.3. The molecular weight excluding hydrogens is 250 g/mol. The van der Waals surface area contributed by atoms with Gasteiger partial charge in [-0.15, -0.1) is 0 Å². The lowest BCUT2D eigenvalue weighted by Gasteiger charge is -2.01. The molecule has 2 aromatic heterocycles. The minimum atomic E-state index is -0.419. The molecule has 0 aliphatic carbocycles. The van der Waals surface area contributed by atoms with Crippen LogP contribution >= 0.6 is 0 Å². The molecule has 0 aliphatic rings. The lowest BCUT2D eigenvalue weighted by atomic mass is 10.3. The Hall–Kier alpha value is -2.77. The maximum atomic E-state index is 11.8. The van der Waals surface area contributed by atoms with Crippen molar-refractivity contribution in [2.45, 2.75) is 6.54 Å². The van der Waals surface area contributed by atoms with Gasteiger partial charge in [-0.2, -0.15) is 5.10 Å². The van der Waals surface area contributed by atoms with E-state index in [-0.39, 0.29) is 12.5 Å². The van der Waals surface area contributed by atoms with Crippen LogP contribution in [0, 0.1) is 0 Å². The predicted molar refractivity (Wildman–Crippen MR) is 64.2 cm³/mol. The van der Waals surface area contributed by atoms with Crippen LogP contribution in [0.3, 0.4) is 0 Å². The summed E-state index contributed by atoms with van der Waals surface area (Å²) < 4.78 is 5.87. The van der Waals surface area contributed by atoms with E-state index in [1.165, 1.54) is 42.9 Å². The first-order valence-electron chi connectivity index (χ1n) is 5.34. The number of hydrogen-bond acceptors (Lipinski definition) is 6. The second-order valence-corrected chi connectivity index (χ2v) is 3.58. The van der Waals surface area contributed by atoms with Gasteiger partial charge in [-0.05, 0) is 0 Å². The molecule has 0 aromatic carbocycles. The van der Waals surface area contributed by atoms with Crippen molar-refractivity contribution in [3.8, 4) is 0 Å². The van der Waals surface area contributed by atoms with Gasteiger partial charge in [0.15, 0.2) is 0 Å². The van der Waals surface area contributed by atoms with Crippen LogP contribution in [0.25, 0.3) is 0 Å². The highest BCUT2D eigenvalue weighted by atomic mass is 16.5. The lowest BCUT2D eigenvalue weighted by molar-refractivity contribution is -0.141. The van der Waals surface area contributed by atoms with Crippen LogP contribution in [0.15, 0.2) is 31.1 Å². The van der Waals surface area contributed by atoms with Crippen molar-refractivity contribution in [3.05, 3.63) is 36.7 Å². The second-order valence-electron chi connectivity index (χ2n) is 3.58. The highest BCUT2D eigenvalue weighted by Crippen LogP contribution is 2.07. The van der Waals surface area contributed by atoms with Gasteiger partial charge >= 0.3 is 5.97 Å². The van der Waals surface area contributed by atoms with Gasteiger partial charge in [0, 0.05) is 18.6 Å². The topological polar surface area (TPSA) is 99.0 Å². The maximum Gasteiger partial charge on any atom is 0.327 e. The lowest BCUT2D eigenvalue weighted by Crippen LogP contribution is -2.13. The molecule has 98 valence electrons. The fourth-order valence-corrected chi connectivity index (χ4v) is 1.33. The molecule has 8 heteroatoms. The van der Waals surface area contributed by atoms with Crippen molar-refractivity contribution >= 4 is 17.6 Å². The number of esters is 1. The van der Waals surface area contributed by atoms with Gasteiger partial charge in [0.25, 0.3) is 5.91 Å². The highest BCUT2D eigenvalue weighted by Gasteiger charge is 2.09. The first-order valence-corrected chi connectivity index (χ1v) is 5.34. The van der Waals surface area contributed by atoms with Gasteiger partial charge in [0.2, 0.25) is 0 Å². The van der Waals surface area contributed by atoms with Gasteiger partial charge in [0.05, 0.1) is 24.6 Å². The third-order valence-corrected chi connectivity index (χ3v) is 2.23. The third kappa shape index (κ3) is 3.35. The number of carbonyl (C=O) groups is 2. The highest BCUT2D eigenvalue weighted by molar-refractivity contribution is 6.03. The minimum Gasteiger partial charge on any atom is -0.468 e. The molecule has 19 heavy (non-hydrogen) atoms. The van der Waals surface area contributed by atoms with Crippen LogP contribution in [0.4, 0.5) is 5.69 Å². The molecule has 1 amide bonds. The molecule has 0 aliphatic heterocycles. The van der Waals surface area contributed by atoms with Crippen LogP contribution in [0.2, 0.25) is 0 Å². The summed E-state index contributed by atoms with van der Waals surface area (Å²) in [6.45, 7) is -0.0131. The molecule has 0 radical (unpaired) electrons. The number of hydrogen-bond donors (Lipinski definition) is 1. The summed E-state index contributed by atoms with van der Waals surface area (Å²) in [7, 11) is 1.30. The molecule has 1 N–H and O–H groups in total. The quantitative estimate of drug-likeness (QED) is 0.783. The molecule has 0 atom stereocenters. The average Bonchev–Trinajstić information content (AvgIpc) is 2.86. The van der Waals surface area contributed by atoms with Crippen LogP contribution in [0.5, 0.6) is 0 Å². The summed E-state index contributed by atoms with van der Waals surface area (Å²) >= 11 is 0. The Bertz CT molecular complexity index is 581. The van der Waals surface area contributed by atoms with Gasteiger partial charge in [-0.3, -0.25) is 14.3 Å². The van der Waals surface area contributed by atoms with Gasteiger partial charge in [-0.25, -0.2) is 9.97 Å². The van der Waals surface area contributed by atoms with E-state index in [2.05, 4.69) is 25.1 Å². The zero-order valence-corrected chi connectivity index (χ0v) is 10.1. The summed E-state index contributed by atoms with van der Waals surface area (Å²) in [5, 5.41) is 6.54. The van der Waals surface area contributed by atoms with Crippen molar-refractivity contribution in [1.29, 1.82) is 0 Å². The molecular formula is C11H11N5O3. The zero-order chi connectivity index (χ0) is 13.7. The number of methoxy groups -OCH3 is 1. The summed E-state index contributed by atoms with van der Waals surface area (Å²) in [6, 6.07) is 0. The van der Waals surface area contributed by atoms with Gasteiger partial charge in [-0.1, -0.05) is 0 Å². The van der Waals surface area contributed by atoms with Gasteiger partial charge in [0.1, 0.15) is 12.9 Å². The number of nitrogens with zero attached hydrogens (tertiary/aromatic N) is 4. The van der Waals surface area contributed by atoms with E-state index >= 15 is 0 Å². The van der Waals surface area contributed by atoms with E-state index in [0.717, 1.165) is 0 Å². The van der Waals surface area contributed by atoms with Crippen molar-refractivity contribution in [2.75, 3.05) is 12.4 Å². The number of amides is 1. The standard InChI is InChI=1S/C11H11N5O3/c1-19-10(17)6-16-5-9(4-14-16)15-11(18)8-2-12-7-13-3-8/h2-5,7H,6H2,1H3,(H,15,18). The van der Waals surface area contributed by atoms with Crippen molar-refractivity contribution < 1.29 is 14.3 Å². The molecule has 2 heterocycles. The smallest absolute Gasteiger partial charge is 0.327 e. The Morgan fingerprint density at radius 3 is 2.74 bits per heavy atom. The predicted octanol–water partition coefficient (Wildman–Crippen LogP) is 0.0984. The van der Waals surface area contributed by atoms with Crippen LogP contribution < -0.4 is 5.32 Å². The first-order chi connectivity index (χ1) is 9.19. The average molecular weight is 261 g/mol. The molecule has 0 fully saturated rings. The van der Waals surface area contributed by atoms with E-state index in [1.54, 1.807) is 0 Å². The Labute approximate surface area is 108 Å². The van der Waals surface area contributed by atoms with Gasteiger partial charge < -0.3 is 10.1 Å². The molecule has 0 bridgehead atoms. The number of aromatic nitrogens is 4. The van der Waals surface area contributed by atoms with Crippen LogP contribution in [-0.4, -0.2) is 38.7 Å². The van der Waals surface area contributed by atoms with Crippen molar-refractivity contribution in [1.82, 2.24) is 19.7 Å². The normalized spacial score (nSPS) is 9.95. The van der Waals surface area contributed by atoms with E-state index < -0.39 is 5.97 Å². The molecule has 2 aromatic rings. The third-order valence-electron chi connectivity index (χ3n) is 2.23. The number of rotatable bonds is 4. The summed E-state index contributed by atoms with van der Waals surface area (Å²) in [5.41, 5.74) is 0.806. The largest absolute Gasteiger partial charge is 0.468 e. The van der Waals surface area contributed by atoms with Crippen molar-refractivity contribution in [2.24, 2.45) is 0 Å². The number of carbonyl (C=O) groups excluding carboxylic acids is 2. The van der Waals surface area contributed by atoms with E-state index in [9.17, 15) is 9.59 Å². The molecule has 0 spiro atoms. The van der Waals surface area contributed by atoms with Crippen molar-refractivity contribution in [3.63, 3.8) is 0 Å². The molecule has 0 saturated carbocycles. The monoisotopic (exact) mass is 261 g/mol. The fraction of sp³-hybridized carbons (Fsp3) is 0.182. The Morgan fingerprint density at radius 2 is 2.05 bits per heavy atom. The zero-order valence-electron chi connectivity index (χ0n) is 10.1. The Morgan fingerprint density at radius 1 is 1.32 bits per heavy atom. The van der Waals surface area contributed by atoms with E-state index in [1.807, 2.05) is 0 Å². The fourth-order valence-electron chi connectivity index (χ4n) is 1.33. The minimum absolute atomic E-state index is 0.0131. The molecule has 2 rings (SSSR count). The molecule has 0 saturated heterocycles. The Balaban J connectivity index is 2.00. The number of nitrogens with one attached hydrogen (secondary N) is 1. The second kappa shape index (κ2) is 5.71. The number of ether oxygens (including phenoxy) is 1. The summed E-state index contributed by atoms with van der Waals surface area (Å²) in [5.74, 6) is -0.768. The first kappa shape index (κ1) is 12.7. The maximum absolute atomic E-state index is 11.8. The SMILES string of the molecule is COC(=O)Cn1cc(NC(=O)c2cncnc2)cn1. The van der Waals surface area contributed by atoms with Crippen LogP contribution in [0.1, 0.15) is 10.4 Å². The van der Waals surface area contributed by atoms with E-state index in [0.29, 0.717) is 11.3 Å². The summed E-state index contributed by atoms with van der Waals surface area (Å²) in [6.07, 6.45) is 7.11. The molecule has 0 unspecified atom stereocenters.